The summed E-state index contributed by atoms with van der Waals surface area (Å²) in [5, 5.41) is 0. The molecule has 0 nitrogen and oxygen atoms in total. The summed E-state index contributed by atoms with van der Waals surface area (Å²) < 4.78 is 0. The summed E-state index contributed by atoms with van der Waals surface area (Å²) in [6, 6.07) is 24.7. The molecule has 0 saturated heterocycles. The first kappa shape index (κ1) is 15.6. The molecule has 3 rings (SSSR count). The summed E-state index contributed by atoms with van der Waals surface area (Å²) in [6.45, 7) is 8.66. The molecular formula is C23H24. The molecule has 0 heteroatoms. The third kappa shape index (κ3) is 3.37. The van der Waals surface area contributed by atoms with Crippen molar-refractivity contribution in [1.82, 2.24) is 0 Å². The van der Waals surface area contributed by atoms with Crippen molar-refractivity contribution in [2.45, 2.75) is 33.6 Å². The molecule has 23 heavy (non-hydrogen) atoms. The molecular weight excluding hydrogens is 276 g/mol. The van der Waals surface area contributed by atoms with Gasteiger partial charge in [0.25, 0.3) is 0 Å². The highest BCUT2D eigenvalue weighted by Gasteiger charge is 2.18. The maximum atomic E-state index is 2.29. The molecule has 0 aromatic heterocycles. The topological polar surface area (TPSA) is 0 Å². The number of rotatable bonds is 3. The Hall–Kier alpha value is -2.34. The Kier molecular flexibility index (Phi) is 4.34. The Bertz CT molecular complexity index is 747. The average Bonchev–Trinajstić information content (AvgIpc) is 2.53. The molecule has 0 aliphatic carbocycles. The van der Waals surface area contributed by atoms with Crippen LogP contribution in [0, 0.1) is 27.7 Å². The van der Waals surface area contributed by atoms with E-state index in [0.29, 0.717) is 0 Å². The first-order chi connectivity index (χ1) is 11.0. The van der Waals surface area contributed by atoms with Crippen LogP contribution in [0.4, 0.5) is 0 Å². The van der Waals surface area contributed by atoms with Gasteiger partial charge in [0.2, 0.25) is 0 Å². The highest BCUT2D eigenvalue weighted by atomic mass is 14.2. The minimum absolute atomic E-state index is 0.289. The normalized spacial score (nSPS) is 11.0. The Morgan fingerprint density at radius 3 is 1.39 bits per heavy atom. The monoisotopic (exact) mass is 300 g/mol. The molecule has 0 fully saturated rings. The van der Waals surface area contributed by atoms with Crippen LogP contribution in [0.5, 0.6) is 0 Å². The summed E-state index contributed by atoms with van der Waals surface area (Å²) in [5.41, 5.74) is 9.38. The summed E-state index contributed by atoms with van der Waals surface area (Å²) in [7, 11) is 0. The lowest BCUT2D eigenvalue weighted by molar-refractivity contribution is 0.958. The van der Waals surface area contributed by atoms with Crippen LogP contribution in [-0.4, -0.2) is 0 Å². The van der Waals surface area contributed by atoms with Crippen molar-refractivity contribution in [3.63, 3.8) is 0 Å². The molecule has 0 aliphatic heterocycles. The zero-order valence-electron chi connectivity index (χ0n) is 14.4. The van der Waals surface area contributed by atoms with Gasteiger partial charge in [-0.2, -0.15) is 0 Å². The number of hydrogen-bond donors (Lipinski definition) is 0. The second kappa shape index (κ2) is 6.42. The van der Waals surface area contributed by atoms with Crippen LogP contribution < -0.4 is 0 Å². The van der Waals surface area contributed by atoms with Crippen molar-refractivity contribution in [2.24, 2.45) is 0 Å². The van der Waals surface area contributed by atoms with E-state index in [0.717, 1.165) is 0 Å². The Morgan fingerprint density at radius 1 is 0.522 bits per heavy atom. The molecule has 0 radical (unpaired) electrons. The van der Waals surface area contributed by atoms with Gasteiger partial charge in [0, 0.05) is 5.92 Å². The van der Waals surface area contributed by atoms with E-state index in [-0.39, 0.29) is 5.92 Å². The van der Waals surface area contributed by atoms with Gasteiger partial charge in [-0.05, 0) is 49.9 Å². The van der Waals surface area contributed by atoms with Crippen molar-refractivity contribution >= 4 is 0 Å². The number of aryl methyl sites for hydroxylation is 4. The van der Waals surface area contributed by atoms with E-state index in [1.165, 1.54) is 38.9 Å². The molecule has 0 saturated carbocycles. The van der Waals surface area contributed by atoms with Crippen LogP contribution >= 0.6 is 0 Å². The SMILES string of the molecule is Cc1ccc(C(c2ccc(C)cc2)c2ccc(C)cc2C)cc1. The number of hydrogen-bond acceptors (Lipinski definition) is 0. The fourth-order valence-corrected chi connectivity index (χ4v) is 3.22. The Morgan fingerprint density at radius 2 is 0.957 bits per heavy atom. The molecule has 0 unspecified atom stereocenters. The molecule has 0 aliphatic rings. The molecule has 0 bridgehead atoms. The van der Waals surface area contributed by atoms with Crippen LogP contribution in [0.1, 0.15) is 44.9 Å². The second-order valence-corrected chi connectivity index (χ2v) is 6.61. The standard InChI is InChI=1S/C23H24/c1-16-5-10-20(11-6-16)23(21-12-7-17(2)8-13-21)22-14-9-18(3)15-19(22)4/h5-15,23H,1-4H3. The Labute approximate surface area is 139 Å². The van der Waals surface area contributed by atoms with Crippen molar-refractivity contribution in [3.05, 3.63) is 106 Å². The lowest BCUT2D eigenvalue weighted by Gasteiger charge is -2.21. The van der Waals surface area contributed by atoms with Crippen LogP contribution in [0.2, 0.25) is 0 Å². The van der Waals surface area contributed by atoms with E-state index in [2.05, 4.69) is 94.4 Å². The molecule has 0 N–H and O–H groups in total. The van der Waals surface area contributed by atoms with Gasteiger partial charge in [-0.3, -0.25) is 0 Å². The molecule has 0 atom stereocenters. The highest BCUT2D eigenvalue weighted by Crippen LogP contribution is 2.34. The van der Waals surface area contributed by atoms with Gasteiger partial charge < -0.3 is 0 Å². The smallest absolute Gasteiger partial charge is 0.0342 e. The minimum Gasteiger partial charge on any atom is -0.0590 e. The molecule has 116 valence electrons. The predicted molar refractivity (Wildman–Crippen MR) is 99.2 cm³/mol. The fraction of sp³-hybridized carbons (Fsp3) is 0.217. The minimum atomic E-state index is 0.289. The predicted octanol–water partition coefficient (Wildman–Crippen LogP) is 6.10. The summed E-state index contributed by atoms with van der Waals surface area (Å²) in [6.07, 6.45) is 0. The van der Waals surface area contributed by atoms with E-state index in [4.69, 9.17) is 0 Å². The first-order valence-corrected chi connectivity index (χ1v) is 8.25. The zero-order valence-corrected chi connectivity index (χ0v) is 14.4. The van der Waals surface area contributed by atoms with Crippen molar-refractivity contribution < 1.29 is 0 Å². The summed E-state index contributed by atoms with van der Waals surface area (Å²) in [5.74, 6) is 0.289. The van der Waals surface area contributed by atoms with Crippen LogP contribution in [0.15, 0.2) is 66.7 Å². The van der Waals surface area contributed by atoms with E-state index >= 15 is 0 Å². The molecule has 0 amide bonds. The van der Waals surface area contributed by atoms with Gasteiger partial charge in [-0.15, -0.1) is 0 Å². The number of benzene rings is 3. The maximum absolute atomic E-state index is 2.29. The van der Waals surface area contributed by atoms with Gasteiger partial charge in [-0.1, -0.05) is 83.4 Å². The summed E-state index contributed by atoms with van der Waals surface area (Å²) >= 11 is 0. The third-order valence-electron chi connectivity index (χ3n) is 4.56. The summed E-state index contributed by atoms with van der Waals surface area (Å²) in [4.78, 5) is 0. The third-order valence-corrected chi connectivity index (χ3v) is 4.56. The van der Waals surface area contributed by atoms with Crippen LogP contribution in [0.3, 0.4) is 0 Å². The first-order valence-electron chi connectivity index (χ1n) is 8.25. The van der Waals surface area contributed by atoms with Gasteiger partial charge in [0.1, 0.15) is 0 Å². The van der Waals surface area contributed by atoms with Gasteiger partial charge in [0.05, 0.1) is 0 Å². The van der Waals surface area contributed by atoms with Crippen molar-refractivity contribution in [2.75, 3.05) is 0 Å². The van der Waals surface area contributed by atoms with Gasteiger partial charge in [-0.25, -0.2) is 0 Å². The van der Waals surface area contributed by atoms with E-state index < -0.39 is 0 Å². The highest BCUT2D eigenvalue weighted by molar-refractivity contribution is 5.47. The van der Waals surface area contributed by atoms with Crippen molar-refractivity contribution in [1.29, 1.82) is 0 Å². The molecule has 0 heterocycles. The molecule has 3 aromatic rings. The van der Waals surface area contributed by atoms with Gasteiger partial charge >= 0.3 is 0 Å². The largest absolute Gasteiger partial charge is 0.0590 e. The van der Waals surface area contributed by atoms with Crippen LogP contribution in [0.25, 0.3) is 0 Å². The zero-order chi connectivity index (χ0) is 16.4. The molecule has 0 spiro atoms. The lowest BCUT2D eigenvalue weighted by atomic mass is 9.82. The van der Waals surface area contributed by atoms with E-state index in [1.807, 2.05) is 0 Å². The maximum Gasteiger partial charge on any atom is 0.0342 e. The average molecular weight is 300 g/mol. The van der Waals surface area contributed by atoms with Crippen molar-refractivity contribution in [3.8, 4) is 0 Å². The quantitative estimate of drug-likeness (QED) is 0.513. The lowest BCUT2D eigenvalue weighted by Crippen LogP contribution is -2.05. The van der Waals surface area contributed by atoms with E-state index in [1.54, 1.807) is 0 Å². The van der Waals surface area contributed by atoms with Gasteiger partial charge in [0.15, 0.2) is 0 Å². The fourth-order valence-electron chi connectivity index (χ4n) is 3.22. The Balaban J connectivity index is 2.16. The second-order valence-electron chi connectivity index (χ2n) is 6.61. The van der Waals surface area contributed by atoms with Crippen LogP contribution in [-0.2, 0) is 0 Å². The molecule has 3 aromatic carbocycles. The van der Waals surface area contributed by atoms with E-state index in [9.17, 15) is 0 Å².